The minimum absolute atomic E-state index is 0.316. The van der Waals surface area contributed by atoms with E-state index in [2.05, 4.69) is 10.3 Å². The first-order chi connectivity index (χ1) is 6.50. The molecule has 0 amide bonds. The maximum atomic E-state index is 9.27. The van der Waals surface area contributed by atoms with Crippen LogP contribution in [0.4, 0.5) is 0 Å². The van der Waals surface area contributed by atoms with E-state index < -0.39 is 6.10 Å². The number of aromatic nitrogens is 3. The number of rotatable bonds is 3. The molecule has 0 saturated carbocycles. The lowest BCUT2D eigenvalue weighted by Crippen LogP contribution is -2.00. The zero-order valence-electron chi connectivity index (χ0n) is 9.10. The normalized spacial score (nSPS) is 14.9. The summed E-state index contributed by atoms with van der Waals surface area (Å²) in [6.07, 6.45) is 3.28. The van der Waals surface area contributed by atoms with Gasteiger partial charge in [-0.05, 0) is 39.3 Å². The molecular formula is C10H17N3O. The van der Waals surface area contributed by atoms with E-state index in [0.29, 0.717) is 6.04 Å². The Morgan fingerprint density at radius 3 is 2.57 bits per heavy atom. The van der Waals surface area contributed by atoms with Crippen molar-refractivity contribution in [2.45, 2.75) is 39.8 Å². The second-order valence-corrected chi connectivity index (χ2v) is 3.78. The van der Waals surface area contributed by atoms with Crippen LogP contribution in [0.3, 0.4) is 0 Å². The smallest absolute Gasteiger partial charge is 0.105 e. The van der Waals surface area contributed by atoms with Crippen molar-refractivity contribution >= 4 is 6.08 Å². The Morgan fingerprint density at radius 1 is 1.50 bits per heavy atom. The third-order valence-electron chi connectivity index (χ3n) is 2.09. The molecular weight excluding hydrogens is 178 g/mol. The minimum atomic E-state index is -0.431. The van der Waals surface area contributed by atoms with Crippen LogP contribution in [0.2, 0.25) is 0 Å². The van der Waals surface area contributed by atoms with Gasteiger partial charge in [0.05, 0.1) is 12.3 Å². The number of hydrogen-bond acceptors (Lipinski definition) is 3. The maximum Gasteiger partial charge on any atom is 0.105 e. The third-order valence-corrected chi connectivity index (χ3v) is 2.09. The van der Waals surface area contributed by atoms with E-state index >= 15 is 0 Å². The summed E-state index contributed by atoms with van der Waals surface area (Å²) in [5.74, 6) is 0. The molecule has 0 bridgehead atoms. The molecule has 1 N–H and O–H groups in total. The standard InChI is InChI=1S/C10H17N3O/c1-7(2)13-6-10(11-12-13)5-8(3)9(4)14/h5-7,9,14H,1-4H3/b8-5-. The Balaban J connectivity index is 2.83. The van der Waals surface area contributed by atoms with Crippen LogP contribution in [-0.2, 0) is 0 Å². The quantitative estimate of drug-likeness (QED) is 0.797. The van der Waals surface area contributed by atoms with Crippen LogP contribution in [-0.4, -0.2) is 26.2 Å². The Bertz CT molecular complexity index is 326. The van der Waals surface area contributed by atoms with Crippen molar-refractivity contribution in [3.63, 3.8) is 0 Å². The molecule has 0 fully saturated rings. The molecule has 78 valence electrons. The maximum absolute atomic E-state index is 9.27. The van der Waals surface area contributed by atoms with Gasteiger partial charge in [0.1, 0.15) is 5.69 Å². The molecule has 0 saturated heterocycles. The van der Waals surface area contributed by atoms with E-state index in [0.717, 1.165) is 11.3 Å². The number of hydrogen-bond donors (Lipinski definition) is 1. The van der Waals surface area contributed by atoms with Gasteiger partial charge in [-0.2, -0.15) is 0 Å². The fraction of sp³-hybridized carbons (Fsp3) is 0.600. The summed E-state index contributed by atoms with van der Waals surface area (Å²) < 4.78 is 1.79. The molecule has 0 aliphatic rings. The van der Waals surface area contributed by atoms with Gasteiger partial charge in [0.25, 0.3) is 0 Å². The molecule has 1 heterocycles. The first-order valence-corrected chi connectivity index (χ1v) is 4.78. The number of aliphatic hydroxyl groups excluding tert-OH is 1. The van der Waals surface area contributed by atoms with Crippen LogP contribution in [0.15, 0.2) is 11.8 Å². The summed E-state index contributed by atoms with van der Waals surface area (Å²) >= 11 is 0. The number of nitrogens with zero attached hydrogens (tertiary/aromatic N) is 3. The molecule has 0 aliphatic heterocycles. The van der Waals surface area contributed by atoms with Gasteiger partial charge in [0.15, 0.2) is 0 Å². The molecule has 0 spiro atoms. The second kappa shape index (κ2) is 4.37. The summed E-state index contributed by atoms with van der Waals surface area (Å²) in [6, 6.07) is 0.316. The Morgan fingerprint density at radius 2 is 2.14 bits per heavy atom. The van der Waals surface area contributed by atoms with E-state index in [1.54, 1.807) is 11.6 Å². The van der Waals surface area contributed by atoms with Crippen LogP contribution in [0.1, 0.15) is 39.4 Å². The van der Waals surface area contributed by atoms with Crippen molar-refractivity contribution in [2.24, 2.45) is 0 Å². The Kier molecular flexibility index (Phi) is 3.41. The highest BCUT2D eigenvalue weighted by Crippen LogP contribution is 2.08. The van der Waals surface area contributed by atoms with E-state index in [-0.39, 0.29) is 0 Å². The average Bonchev–Trinajstić information content (AvgIpc) is 2.52. The summed E-state index contributed by atoms with van der Waals surface area (Å²) in [7, 11) is 0. The van der Waals surface area contributed by atoms with Crippen molar-refractivity contribution in [3.8, 4) is 0 Å². The van der Waals surface area contributed by atoms with E-state index in [1.165, 1.54) is 0 Å². The molecule has 0 aromatic carbocycles. The molecule has 1 unspecified atom stereocenters. The molecule has 14 heavy (non-hydrogen) atoms. The molecule has 1 aromatic rings. The monoisotopic (exact) mass is 195 g/mol. The Hall–Kier alpha value is -1.16. The van der Waals surface area contributed by atoms with Gasteiger partial charge in [-0.3, -0.25) is 0 Å². The van der Waals surface area contributed by atoms with Gasteiger partial charge >= 0.3 is 0 Å². The molecule has 4 heteroatoms. The molecule has 1 aromatic heterocycles. The van der Waals surface area contributed by atoms with Crippen molar-refractivity contribution in [3.05, 3.63) is 17.5 Å². The molecule has 4 nitrogen and oxygen atoms in total. The molecule has 1 rings (SSSR count). The first kappa shape index (κ1) is 10.9. The summed E-state index contributed by atoms with van der Waals surface area (Å²) in [5.41, 5.74) is 1.68. The zero-order chi connectivity index (χ0) is 10.7. The highest BCUT2D eigenvalue weighted by molar-refractivity contribution is 5.47. The van der Waals surface area contributed by atoms with Crippen LogP contribution in [0.25, 0.3) is 6.08 Å². The van der Waals surface area contributed by atoms with Gasteiger partial charge in [-0.25, -0.2) is 4.68 Å². The summed E-state index contributed by atoms with van der Waals surface area (Å²) in [6.45, 7) is 7.70. The van der Waals surface area contributed by atoms with Gasteiger partial charge in [-0.15, -0.1) is 5.10 Å². The summed E-state index contributed by atoms with van der Waals surface area (Å²) in [5, 5.41) is 17.2. The Labute approximate surface area is 84.3 Å². The van der Waals surface area contributed by atoms with Crippen LogP contribution in [0.5, 0.6) is 0 Å². The van der Waals surface area contributed by atoms with E-state index in [1.807, 2.05) is 33.0 Å². The van der Waals surface area contributed by atoms with E-state index in [4.69, 9.17) is 0 Å². The third kappa shape index (κ3) is 2.67. The fourth-order valence-electron chi connectivity index (χ4n) is 0.963. The molecule has 0 radical (unpaired) electrons. The SMILES string of the molecule is C/C(=C/c1cn(C(C)C)nn1)C(C)O. The predicted octanol–water partition coefficient (Wildman–Crippen LogP) is 1.64. The fourth-order valence-corrected chi connectivity index (χ4v) is 0.963. The largest absolute Gasteiger partial charge is 0.389 e. The van der Waals surface area contributed by atoms with Crippen LogP contribution < -0.4 is 0 Å². The second-order valence-electron chi connectivity index (χ2n) is 3.78. The van der Waals surface area contributed by atoms with Crippen molar-refractivity contribution in [1.82, 2.24) is 15.0 Å². The lowest BCUT2D eigenvalue weighted by Gasteiger charge is -2.02. The van der Waals surface area contributed by atoms with Crippen molar-refractivity contribution < 1.29 is 5.11 Å². The van der Waals surface area contributed by atoms with Gasteiger partial charge in [0, 0.05) is 6.04 Å². The molecule has 0 aliphatic carbocycles. The lowest BCUT2D eigenvalue weighted by molar-refractivity contribution is 0.232. The van der Waals surface area contributed by atoms with Crippen molar-refractivity contribution in [2.75, 3.05) is 0 Å². The average molecular weight is 195 g/mol. The minimum Gasteiger partial charge on any atom is -0.389 e. The predicted molar refractivity (Wildman–Crippen MR) is 55.7 cm³/mol. The highest BCUT2D eigenvalue weighted by Gasteiger charge is 2.03. The lowest BCUT2D eigenvalue weighted by atomic mass is 10.1. The zero-order valence-corrected chi connectivity index (χ0v) is 9.10. The van der Waals surface area contributed by atoms with Gasteiger partial charge in [-0.1, -0.05) is 5.21 Å². The number of aliphatic hydroxyl groups is 1. The van der Waals surface area contributed by atoms with Gasteiger partial charge < -0.3 is 5.11 Å². The van der Waals surface area contributed by atoms with E-state index in [9.17, 15) is 5.11 Å². The summed E-state index contributed by atoms with van der Waals surface area (Å²) in [4.78, 5) is 0. The first-order valence-electron chi connectivity index (χ1n) is 4.78. The van der Waals surface area contributed by atoms with Gasteiger partial charge in [0.2, 0.25) is 0 Å². The van der Waals surface area contributed by atoms with Crippen LogP contribution >= 0.6 is 0 Å². The topological polar surface area (TPSA) is 50.9 Å². The highest BCUT2D eigenvalue weighted by atomic mass is 16.3. The van der Waals surface area contributed by atoms with Crippen molar-refractivity contribution in [1.29, 1.82) is 0 Å². The van der Waals surface area contributed by atoms with Crippen LogP contribution in [0, 0.1) is 0 Å². The molecule has 1 atom stereocenters.